The molecule has 2 aliphatic rings. The van der Waals surface area contributed by atoms with E-state index in [4.69, 9.17) is 9.47 Å². The monoisotopic (exact) mass is 531 g/mol. The van der Waals surface area contributed by atoms with Crippen molar-refractivity contribution in [3.63, 3.8) is 0 Å². The van der Waals surface area contributed by atoms with Crippen LogP contribution in [0.1, 0.15) is 30.9 Å². The molecule has 2 aliphatic heterocycles. The third kappa shape index (κ3) is 7.86. The lowest BCUT2D eigenvalue weighted by Gasteiger charge is -2.35. The Morgan fingerprint density at radius 3 is 2.40 bits per heavy atom. The van der Waals surface area contributed by atoms with Gasteiger partial charge in [0.15, 0.2) is 5.96 Å². The van der Waals surface area contributed by atoms with Crippen LogP contribution in [0.2, 0.25) is 0 Å². The molecule has 1 aromatic rings. The molecule has 1 unspecified atom stereocenters. The molecule has 170 valence electrons. The first-order valence-electron chi connectivity index (χ1n) is 10.9. The second-order valence-electron chi connectivity index (χ2n) is 7.72. The predicted octanol–water partition coefficient (Wildman–Crippen LogP) is 2.34. The lowest BCUT2D eigenvalue weighted by atomic mass is 10.0. The number of likely N-dealkylation sites (tertiary alicyclic amines) is 1. The Morgan fingerprint density at radius 1 is 1.07 bits per heavy atom. The summed E-state index contributed by atoms with van der Waals surface area (Å²) in [7, 11) is 3.54. The van der Waals surface area contributed by atoms with Crippen molar-refractivity contribution >= 4 is 29.9 Å². The van der Waals surface area contributed by atoms with Crippen molar-refractivity contribution in [3.05, 3.63) is 29.8 Å². The topological polar surface area (TPSA) is 61.4 Å². The molecule has 2 fully saturated rings. The van der Waals surface area contributed by atoms with E-state index in [1.165, 1.54) is 37.9 Å². The number of hydrogen-bond donors (Lipinski definition) is 2. The molecule has 8 heteroatoms. The van der Waals surface area contributed by atoms with Crippen LogP contribution in [0, 0.1) is 0 Å². The highest BCUT2D eigenvalue weighted by Gasteiger charge is 2.23. The van der Waals surface area contributed by atoms with Gasteiger partial charge >= 0.3 is 0 Å². The molecule has 1 atom stereocenters. The van der Waals surface area contributed by atoms with E-state index < -0.39 is 0 Å². The largest absolute Gasteiger partial charge is 0.497 e. The summed E-state index contributed by atoms with van der Waals surface area (Å²) in [4.78, 5) is 9.45. The Kier molecular flexibility index (Phi) is 11.8. The number of halogens is 1. The lowest BCUT2D eigenvalue weighted by Crippen LogP contribution is -2.47. The molecule has 7 nitrogen and oxygen atoms in total. The van der Waals surface area contributed by atoms with E-state index in [1.54, 1.807) is 7.11 Å². The van der Waals surface area contributed by atoms with Crippen LogP contribution in [0.5, 0.6) is 5.75 Å². The highest BCUT2D eigenvalue weighted by molar-refractivity contribution is 14.0. The highest BCUT2D eigenvalue weighted by Crippen LogP contribution is 2.23. The first kappa shape index (κ1) is 25.2. The fourth-order valence-electron chi connectivity index (χ4n) is 4.10. The predicted molar refractivity (Wildman–Crippen MR) is 133 cm³/mol. The summed E-state index contributed by atoms with van der Waals surface area (Å²) in [5.41, 5.74) is 1.28. The fraction of sp³-hybridized carbons (Fsp3) is 0.682. The molecule has 0 aromatic heterocycles. The summed E-state index contributed by atoms with van der Waals surface area (Å²) in [5.74, 6) is 1.76. The molecule has 3 rings (SSSR count). The molecule has 0 saturated carbocycles. The first-order chi connectivity index (χ1) is 14.3. The number of hydrogen-bond acceptors (Lipinski definition) is 5. The van der Waals surface area contributed by atoms with Gasteiger partial charge in [0.25, 0.3) is 0 Å². The number of ether oxygens (including phenoxy) is 2. The standard InChI is InChI=1S/C22H37N5O2.HI/c1-23-22(24-10-13-26-11-4-3-5-12-26)25-18-21(27-14-16-29-17-15-27)19-6-8-20(28-2)9-7-19;/h6-9,21H,3-5,10-18H2,1-2H3,(H2,23,24,25);1H. The van der Waals surface area contributed by atoms with Crippen molar-refractivity contribution in [2.45, 2.75) is 25.3 Å². The Labute approximate surface area is 198 Å². The van der Waals surface area contributed by atoms with Gasteiger partial charge < -0.3 is 25.0 Å². The zero-order valence-corrected chi connectivity index (χ0v) is 20.8. The Bertz CT molecular complexity index is 616. The van der Waals surface area contributed by atoms with Crippen molar-refractivity contribution in [3.8, 4) is 5.75 Å². The maximum absolute atomic E-state index is 5.56. The van der Waals surface area contributed by atoms with Crippen molar-refractivity contribution in [2.24, 2.45) is 4.99 Å². The molecule has 0 amide bonds. The van der Waals surface area contributed by atoms with Gasteiger partial charge in [-0.25, -0.2) is 0 Å². The van der Waals surface area contributed by atoms with Crippen LogP contribution < -0.4 is 15.4 Å². The molecule has 0 radical (unpaired) electrons. The van der Waals surface area contributed by atoms with E-state index in [1.807, 2.05) is 19.2 Å². The van der Waals surface area contributed by atoms with Gasteiger partial charge in [-0.3, -0.25) is 9.89 Å². The molecule has 2 saturated heterocycles. The summed E-state index contributed by atoms with van der Waals surface area (Å²) < 4.78 is 10.9. The third-order valence-corrected chi connectivity index (χ3v) is 5.84. The van der Waals surface area contributed by atoms with Crippen molar-refractivity contribution in [1.29, 1.82) is 0 Å². The van der Waals surface area contributed by atoms with Crippen molar-refractivity contribution in [1.82, 2.24) is 20.4 Å². The molecule has 2 N–H and O–H groups in total. The average Bonchev–Trinajstić information content (AvgIpc) is 2.80. The number of aliphatic imine (C=N–C) groups is 1. The van der Waals surface area contributed by atoms with Crippen LogP contribution >= 0.6 is 24.0 Å². The van der Waals surface area contributed by atoms with Crippen LogP contribution in [0.3, 0.4) is 0 Å². The number of rotatable bonds is 8. The van der Waals surface area contributed by atoms with Gasteiger partial charge in [-0.2, -0.15) is 0 Å². The minimum atomic E-state index is 0. The minimum absolute atomic E-state index is 0. The Morgan fingerprint density at radius 2 is 1.77 bits per heavy atom. The van der Waals surface area contributed by atoms with Gasteiger partial charge in [-0.15, -0.1) is 24.0 Å². The molecular weight excluding hydrogens is 493 g/mol. The minimum Gasteiger partial charge on any atom is -0.497 e. The summed E-state index contributed by atoms with van der Waals surface area (Å²) >= 11 is 0. The van der Waals surface area contributed by atoms with Crippen molar-refractivity contribution in [2.75, 3.05) is 73.2 Å². The maximum Gasteiger partial charge on any atom is 0.191 e. The number of morpholine rings is 1. The smallest absolute Gasteiger partial charge is 0.191 e. The Balaban J connectivity index is 0.00000320. The van der Waals surface area contributed by atoms with E-state index in [0.717, 1.165) is 57.6 Å². The van der Waals surface area contributed by atoms with Crippen molar-refractivity contribution < 1.29 is 9.47 Å². The number of piperidine rings is 1. The number of benzene rings is 1. The number of nitrogens with one attached hydrogen (secondary N) is 2. The number of methoxy groups -OCH3 is 1. The summed E-state index contributed by atoms with van der Waals surface area (Å²) in [6.45, 7) is 8.71. The van der Waals surface area contributed by atoms with E-state index in [-0.39, 0.29) is 30.0 Å². The Hall–Kier alpha value is -1.10. The maximum atomic E-state index is 5.56. The number of nitrogens with zero attached hydrogens (tertiary/aromatic N) is 3. The van der Waals surface area contributed by atoms with Gasteiger partial charge in [-0.1, -0.05) is 18.6 Å². The van der Waals surface area contributed by atoms with Crippen LogP contribution in [-0.4, -0.2) is 88.9 Å². The van der Waals surface area contributed by atoms with Crippen LogP contribution in [0.4, 0.5) is 0 Å². The molecule has 30 heavy (non-hydrogen) atoms. The van der Waals surface area contributed by atoms with Gasteiger partial charge in [0.05, 0.1) is 26.4 Å². The van der Waals surface area contributed by atoms with E-state index >= 15 is 0 Å². The zero-order chi connectivity index (χ0) is 20.3. The van der Waals surface area contributed by atoms with E-state index in [2.05, 4.69) is 37.6 Å². The molecule has 0 bridgehead atoms. The first-order valence-corrected chi connectivity index (χ1v) is 10.9. The molecule has 0 aliphatic carbocycles. The number of guanidine groups is 1. The molecule has 2 heterocycles. The fourth-order valence-corrected chi connectivity index (χ4v) is 4.10. The summed E-state index contributed by atoms with van der Waals surface area (Å²) in [6, 6.07) is 8.66. The van der Waals surface area contributed by atoms with Crippen LogP contribution in [-0.2, 0) is 4.74 Å². The molecule has 1 aromatic carbocycles. The summed E-state index contributed by atoms with van der Waals surface area (Å²) in [5, 5.41) is 7.02. The van der Waals surface area contributed by atoms with Crippen LogP contribution in [0.25, 0.3) is 0 Å². The van der Waals surface area contributed by atoms with Gasteiger partial charge in [0, 0.05) is 39.8 Å². The third-order valence-electron chi connectivity index (χ3n) is 5.84. The highest BCUT2D eigenvalue weighted by atomic mass is 127. The SMILES string of the molecule is CN=C(NCCN1CCCCC1)NCC(c1ccc(OC)cc1)N1CCOCC1.I. The molecular formula is C22H38IN5O2. The lowest BCUT2D eigenvalue weighted by molar-refractivity contribution is 0.0170. The average molecular weight is 531 g/mol. The summed E-state index contributed by atoms with van der Waals surface area (Å²) in [6.07, 6.45) is 4.04. The second-order valence-corrected chi connectivity index (χ2v) is 7.72. The van der Waals surface area contributed by atoms with Gasteiger partial charge in [0.2, 0.25) is 0 Å². The van der Waals surface area contributed by atoms with E-state index in [9.17, 15) is 0 Å². The normalized spacial score (nSPS) is 19.6. The second kappa shape index (κ2) is 14.1. The van der Waals surface area contributed by atoms with E-state index in [0.29, 0.717) is 0 Å². The van der Waals surface area contributed by atoms with Crippen LogP contribution in [0.15, 0.2) is 29.3 Å². The molecule has 0 spiro atoms. The quantitative estimate of drug-likeness (QED) is 0.305. The van der Waals surface area contributed by atoms with Gasteiger partial charge in [-0.05, 0) is 43.6 Å². The zero-order valence-electron chi connectivity index (χ0n) is 18.4. The van der Waals surface area contributed by atoms with Gasteiger partial charge in [0.1, 0.15) is 5.75 Å².